The van der Waals surface area contributed by atoms with Gasteiger partial charge in [0.1, 0.15) is 5.69 Å². The van der Waals surface area contributed by atoms with Gasteiger partial charge in [0.05, 0.1) is 10.6 Å². The van der Waals surface area contributed by atoms with Crippen molar-refractivity contribution < 1.29 is 9.90 Å². The number of nitrogens with zero attached hydrogens (tertiary/aromatic N) is 1. The van der Waals surface area contributed by atoms with Gasteiger partial charge in [-0.2, -0.15) is 0 Å². The lowest BCUT2D eigenvalue weighted by Gasteiger charge is -2.40. The Balaban J connectivity index is 1.87. The summed E-state index contributed by atoms with van der Waals surface area (Å²) in [6, 6.07) is 0. The fourth-order valence-electron chi connectivity index (χ4n) is 2.37. The van der Waals surface area contributed by atoms with E-state index in [0.29, 0.717) is 17.7 Å². The summed E-state index contributed by atoms with van der Waals surface area (Å²) in [5.41, 5.74) is 0.000596. The predicted molar refractivity (Wildman–Crippen MR) is 76.4 cm³/mol. The number of amides is 1. The molecule has 19 heavy (non-hydrogen) atoms. The first kappa shape index (κ1) is 14.5. The summed E-state index contributed by atoms with van der Waals surface area (Å²) in [7, 11) is 0. The van der Waals surface area contributed by atoms with Gasteiger partial charge in [-0.1, -0.05) is 13.8 Å². The van der Waals surface area contributed by atoms with Crippen LogP contribution in [0.4, 0.5) is 0 Å². The van der Waals surface area contributed by atoms with Crippen LogP contribution in [0.15, 0.2) is 5.38 Å². The van der Waals surface area contributed by atoms with Gasteiger partial charge in [-0.15, -0.1) is 11.3 Å². The summed E-state index contributed by atoms with van der Waals surface area (Å²) in [6.07, 6.45) is 3.48. The number of nitrogens with one attached hydrogen (secondary N) is 1. The number of rotatable bonds is 3. The van der Waals surface area contributed by atoms with Gasteiger partial charge in [-0.3, -0.25) is 4.79 Å². The van der Waals surface area contributed by atoms with E-state index in [-0.39, 0.29) is 5.91 Å². The van der Waals surface area contributed by atoms with Gasteiger partial charge in [-0.05, 0) is 38.0 Å². The Morgan fingerprint density at radius 1 is 1.42 bits per heavy atom. The third kappa shape index (κ3) is 3.76. The maximum atomic E-state index is 11.9. The second kappa shape index (κ2) is 5.21. The quantitative estimate of drug-likeness (QED) is 0.895. The van der Waals surface area contributed by atoms with Crippen LogP contribution in [0.25, 0.3) is 0 Å². The van der Waals surface area contributed by atoms with E-state index in [1.165, 1.54) is 11.3 Å². The highest BCUT2D eigenvalue weighted by Gasteiger charge is 2.36. The zero-order valence-corrected chi connectivity index (χ0v) is 12.6. The highest BCUT2D eigenvalue weighted by molar-refractivity contribution is 7.09. The van der Waals surface area contributed by atoms with Crippen LogP contribution in [0.2, 0.25) is 0 Å². The number of thiazole rings is 1. The van der Waals surface area contributed by atoms with Crippen LogP contribution in [0, 0.1) is 12.3 Å². The van der Waals surface area contributed by atoms with Gasteiger partial charge in [0.15, 0.2) is 0 Å². The van der Waals surface area contributed by atoms with Gasteiger partial charge in [0.2, 0.25) is 0 Å². The maximum Gasteiger partial charge on any atom is 0.270 e. The Morgan fingerprint density at radius 3 is 2.58 bits per heavy atom. The summed E-state index contributed by atoms with van der Waals surface area (Å²) >= 11 is 1.46. The Labute approximate surface area is 118 Å². The standard InChI is InChI=1S/C14H22N2O2S/c1-10-16-11(8-19-10)12(17)15-9-14(18)6-4-13(2,3)5-7-14/h8,18H,4-7,9H2,1-3H3,(H,15,17). The molecule has 2 N–H and O–H groups in total. The third-order valence-electron chi connectivity index (χ3n) is 3.96. The molecule has 5 heteroatoms. The smallest absolute Gasteiger partial charge is 0.270 e. The molecule has 1 heterocycles. The van der Waals surface area contributed by atoms with E-state index < -0.39 is 5.60 Å². The molecule has 0 radical (unpaired) electrons. The van der Waals surface area contributed by atoms with Gasteiger partial charge in [0.25, 0.3) is 5.91 Å². The molecule has 0 saturated heterocycles. The lowest BCUT2D eigenvalue weighted by atomic mass is 9.71. The normalized spacial score (nSPS) is 21.1. The molecule has 1 amide bonds. The Bertz CT molecular complexity index is 458. The minimum Gasteiger partial charge on any atom is -0.388 e. The van der Waals surface area contributed by atoms with Crippen molar-refractivity contribution in [1.29, 1.82) is 0 Å². The van der Waals surface area contributed by atoms with Gasteiger partial charge in [0, 0.05) is 11.9 Å². The van der Waals surface area contributed by atoms with Crippen LogP contribution < -0.4 is 5.32 Å². The maximum absolute atomic E-state index is 11.9. The molecule has 2 rings (SSSR count). The minimum atomic E-state index is -0.754. The Hall–Kier alpha value is -0.940. The van der Waals surface area contributed by atoms with E-state index in [1.807, 2.05) is 6.92 Å². The van der Waals surface area contributed by atoms with Crippen molar-refractivity contribution >= 4 is 17.2 Å². The van der Waals surface area contributed by atoms with Crippen LogP contribution in [-0.4, -0.2) is 28.1 Å². The molecule has 1 aromatic heterocycles. The van der Waals surface area contributed by atoms with Crippen molar-refractivity contribution in [3.05, 3.63) is 16.1 Å². The second-order valence-electron chi connectivity index (χ2n) is 6.32. The largest absolute Gasteiger partial charge is 0.388 e. The number of aromatic nitrogens is 1. The molecule has 4 nitrogen and oxygen atoms in total. The van der Waals surface area contributed by atoms with Crippen LogP contribution in [0.5, 0.6) is 0 Å². The summed E-state index contributed by atoms with van der Waals surface area (Å²) in [4.78, 5) is 16.0. The fraction of sp³-hybridized carbons (Fsp3) is 0.714. The third-order valence-corrected chi connectivity index (χ3v) is 4.74. The van der Waals surface area contributed by atoms with E-state index >= 15 is 0 Å². The SMILES string of the molecule is Cc1nc(C(=O)NCC2(O)CCC(C)(C)CC2)cs1. The van der Waals surface area contributed by atoms with E-state index in [9.17, 15) is 9.90 Å². The zero-order chi connectivity index (χ0) is 14.1. The number of carbonyl (C=O) groups is 1. The molecule has 1 saturated carbocycles. The fourth-order valence-corrected chi connectivity index (χ4v) is 2.96. The van der Waals surface area contributed by atoms with Crippen molar-refractivity contribution in [3.8, 4) is 0 Å². The summed E-state index contributed by atoms with van der Waals surface area (Å²) in [5.74, 6) is -0.192. The average molecular weight is 282 g/mol. The van der Waals surface area contributed by atoms with Crippen LogP contribution in [-0.2, 0) is 0 Å². The minimum absolute atomic E-state index is 0.192. The number of aryl methyl sites for hydroxylation is 1. The molecule has 1 fully saturated rings. The van der Waals surface area contributed by atoms with Crippen molar-refractivity contribution in [1.82, 2.24) is 10.3 Å². The predicted octanol–water partition coefficient (Wildman–Crippen LogP) is 2.51. The first-order chi connectivity index (χ1) is 8.80. The average Bonchev–Trinajstić information content (AvgIpc) is 2.78. The molecular formula is C14H22N2O2S. The lowest BCUT2D eigenvalue weighted by Crippen LogP contribution is -2.46. The number of hydrogen-bond acceptors (Lipinski definition) is 4. The first-order valence-electron chi connectivity index (χ1n) is 6.72. The van der Waals surface area contributed by atoms with Crippen LogP contribution in [0.1, 0.15) is 55.0 Å². The molecule has 0 aromatic carbocycles. The Kier molecular flexibility index (Phi) is 3.97. The monoisotopic (exact) mass is 282 g/mol. The summed E-state index contributed by atoms with van der Waals surface area (Å²) < 4.78 is 0. The van der Waals surface area contributed by atoms with Gasteiger partial charge < -0.3 is 10.4 Å². The van der Waals surface area contributed by atoms with Crippen molar-refractivity contribution in [2.24, 2.45) is 5.41 Å². The van der Waals surface area contributed by atoms with Gasteiger partial charge >= 0.3 is 0 Å². The molecule has 0 aliphatic heterocycles. The highest BCUT2D eigenvalue weighted by Crippen LogP contribution is 2.39. The van der Waals surface area contributed by atoms with E-state index in [2.05, 4.69) is 24.1 Å². The zero-order valence-electron chi connectivity index (χ0n) is 11.8. The van der Waals surface area contributed by atoms with Crippen LogP contribution >= 0.6 is 11.3 Å². The molecular weight excluding hydrogens is 260 g/mol. The second-order valence-corrected chi connectivity index (χ2v) is 7.39. The molecule has 106 valence electrons. The number of carbonyl (C=O) groups excluding carboxylic acids is 1. The molecule has 0 unspecified atom stereocenters. The number of hydrogen-bond donors (Lipinski definition) is 2. The summed E-state index contributed by atoms with van der Waals surface area (Å²) in [6.45, 7) is 6.64. The van der Waals surface area contributed by atoms with Crippen molar-refractivity contribution in [2.45, 2.75) is 52.1 Å². The topological polar surface area (TPSA) is 62.2 Å². The molecule has 1 aliphatic carbocycles. The van der Waals surface area contributed by atoms with Gasteiger partial charge in [-0.25, -0.2) is 4.98 Å². The molecule has 0 bridgehead atoms. The Morgan fingerprint density at radius 2 is 2.05 bits per heavy atom. The van der Waals surface area contributed by atoms with Crippen LogP contribution in [0.3, 0.4) is 0 Å². The molecule has 0 atom stereocenters. The van der Waals surface area contributed by atoms with Crippen molar-refractivity contribution in [3.63, 3.8) is 0 Å². The van der Waals surface area contributed by atoms with E-state index in [0.717, 1.165) is 30.7 Å². The van der Waals surface area contributed by atoms with Crippen molar-refractivity contribution in [2.75, 3.05) is 6.54 Å². The first-order valence-corrected chi connectivity index (χ1v) is 7.60. The number of aliphatic hydroxyl groups is 1. The lowest BCUT2D eigenvalue weighted by molar-refractivity contribution is -0.0233. The van der Waals surface area contributed by atoms with E-state index in [1.54, 1.807) is 5.38 Å². The molecule has 0 spiro atoms. The molecule has 1 aliphatic rings. The van der Waals surface area contributed by atoms with E-state index in [4.69, 9.17) is 0 Å². The highest BCUT2D eigenvalue weighted by atomic mass is 32.1. The molecule has 1 aromatic rings. The summed E-state index contributed by atoms with van der Waals surface area (Å²) in [5, 5.41) is 15.9.